The van der Waals surface area contributed by atoms with Crippen molar-refractivity contribution in [3.63, 3.8) is 0 Å². The number of aromatic nitrogens is 1. The molecule has 0 unspecified atom stereocenters. The van der Waals surface area contributed by atoms with Crippen molar-refractivity contribution >= 4 is 16.7 Å². The Hall–Kier alpha value is -2.29. The fourth-order valence-electron chi connectivity index (χ4n) is 2.21. The van der Waals surface area contributed by atoms with Gasteiger partial charge in [-0.25, -0.2) is 0 Å². The van der Waals surface area contributed by atoms with Crippen LogP contribution in [0.1, 0.15) is 16.7 Å². The lowest BCUT2D eigenvalue weighted by Crippen LogP contribution is -1.88. The van der Waals surface area contributed by atoms with E-state index in [1.54, 1.807) is 0 Å². The Morgan fingerprint density at radius 1 is 0.947 bits per heavy atom. The average Bonchev–Trinajstić information content (AvgIpc) is 2.76. The lowest BCUT2D eigenvalue weighted by Gasteiger charge is -2.03. The number of nitrogen functional groups attached to an aromatic ring is 1. The Morgan fingerprint density at radius 3 is 2.47 bits per heavy atom. The molecule has 0 fully saturated rings. The van der Waals surface area contributed by atoms with E-state index in [4.69, 9.17) is 10.3 Å². The summed E-state index contributed by atoms with van der Waals surface area (Å²) < 4.78 is 5.38. The van der Waals surface area contributed by atoms with E-state index in [0.29, 0.717) is 0 Å². The van der Waals surface area contributed by atoms with Crippen molar-refractivity contribution in [2.45, 2.75) is 20.8 Å². The van der Waals surface area contributed by atoms with Crippen LogP contribution >= 0.6 is 0 Å². The molecule has 0 aliphatic heterocycles. The van der Waals surface area contributed by atoms with E-state index in [1.807, 2.05) is 19.1 Å². The first kappa shape index (κ1) is 11.8. The van der Waals surface area contributed by atoms with Crippen molar-refractivity contribution in [2.24, 2.45) is 0 Å². The number of fused-ring (bicyclic) bond motifs is 1. The predicted octanol–water partition coefficient (Wildman–Crippen LogP) is 4.00. The predicted molar refractivity (Wildman–Crippen MR) is 78.1 cm³/mol. The summed E-state index contributed by atoms with van der Waals surface area (Å²) in [6.45, 7) is 6.20. The Balaban J connectivity index is 2.25. The number of rotatable bonds is 1. The molecule has 0 aliphatic rings. The van der Waals surface area contributed by atoms with Gasteiger partial charge in [0.1, 0.15) is 5.69 Å². The molecular formula is C16H16N2O. The van der Waals surface area contributed by atoms with Gasteiger partial charge in [-0.1, -0.05) is 17.3 Å². The number of hydrogen-bond donors (Lipinski definition) is 1. The molecule has 0 spiro atoms. The van der Waals surface area contributed by atoms with Crippen molar-refractivity contribution in [1.82, 2.24) is 5.16 Å². The first-order chi connectivity index (χ1) is 9.06. The second kappa shape index (κ2) is 4.12. The highest BCUT2D eigenvalue weighted by atomic mass is 16.5. The largest absolute Gasteiger partial charge is 0.398 e. The Bertz CT molecular complexity index is 772. The molecule has 0 bridgehead atoms. The summed E-state index contributed by atoms with van der Waals surface area (Å²) >= 11 is 0. The van der Waals surface area contributed by atoms with Crippen LogP contribution in [0, 0.1) is 20.8 Å². The van der Waals surface area contributed by atoms with Crippen LogP contribution in [0.25, 0.3) is 22.2 Å². The number of aryl methyl sites for hydroxylation is 3. The SMILES string of the molecule is Cc1ccc(-c2noc3cc(N)c(C)cc23)cc1C. The third-order valence-electron chi connectivity index (χ3n) is 3.64. The normalized spacial score (nSPS) is 11.1. The average molecular weight is 252 g/mol. The Kier molecular flexibility index (Phi) is 2.56. The highest BCUT2D eigenvalue weighted by Crippen LogP contribution is 2.31. The van der Waals surface area contributed by atoms with Gasteiger partial charge in [0.2, 0.25) is 0 Å². The van der Waals surface area contributed by atoms with E-state index in [1.165, 1.54) is 11.1 Å². The monoisotopic (exact) mass is 252 g/mol. The van der Waals surface area contributed by atoms with Gasteiger partial charge in [0, 0.05) is 17.3 Å². The van der Waals surface area contributed by atoms with Crippen LogP contribution in [0.2, 0.25) is 0 Å². The van der Waals surface area contributed by atoms with Crippen LogP contribution in [0.4, 0.5) is 5.69 Å². The van der Waals surface area contributed by atoms with Crippen LogP contribution in [-0.2, 0) is 0 Å². The number of benzene rings is 2. The molecule has 0 atom stereocenters. The van der Waals surface area contributed by atoms with Crippen molar-refractivity contribution in [3.8, 4) is 11.3 Å². The molecule has 0 saturated carbocycles. The highest BCUT2D eigenvalue weighted by Gasteiger charge is 2.12. The standard InChI is InChI=1S/C16H16N2O/c1-9-4-5-12(6-10(9)2)16-13-7-11(3)14(17)8-15(13)19-18-16/h4-8H,17H2,1-3H3. The van der Waals surface area contributed by atoms with E-state index in [2.05, 4.69) is 37.2 Å². The maximum Gasteiger partial charge on any atom is 0.169 e. The summed E-state index contributed by atoms with van der Waals surface area (Å²) in [4.78, 5) is 0. The van der Waals surface area contributed by atoms with Crippen molar-refractivity contribution < 1.29 is 4.52 Å². The molecule has 1 heterocycles. The molecule has 2 N–H and O–H groups in total. The molecule has 0 radical (unpaired) electrons. The van der Waals surface area contributed by atoms with Crippen LogP contribution in [0.3, 0.4) is 0 Å². The highest BCUT2D eigenvalue weighted by molar-refractivity contribution is 5.94. The quantitative estimate of drug-likeness (QED) is 0.666. The third-order valence-corrected chi connectivity index (χ3v) is 3.64. The van der Waals surface area contributed by atoms with Gasteiger partial charge >= 0.3 is 0 Å². The fraction of sp³-hybridized carbons (Fsp3) is 0.188. The summed E-state index contributed by atoms with van der Waals surface area (Å²) in [5, 5.41) is 5.20. The van der Waals surface area contributed by atoms with Crippen LogP contribution in [0.5, 0.6) is 0 Å². The Labute approximate surface area is 112 Å². The summed E-state index contributed by atoms with van der Waals surface area (Å²) in [6, 6.07) is 10.2. The zero-order valence-electron chi connectivity index (χ0n) is 11.3. The van der Waals surface area contributed by atoms with Crippen LogP contribution in [-0.4, -0.2) is 5.16 Å². The van der Waals surface area contributed by atoms with E-state index < -0.39 is 0 Å². The van der Waals surface area contributed by atoms with Crippen LogP contribution < -0.4 is 5.73 Å². The zero-order valence-corrected chi connectivity index (χ0v) is 11.3. The minimum Gasteiger partial charge on any atom is -0.398 e. The number of nitrogens with two attached hydrogens (primary N) is 1. The van der Waals surface area contributed by atoms with E-state index in [0.717, 1.165) is 33.5 Å². The molecule has 96 valence electrons. The number of hydrogen-bond acceptors (Lipinski definition) is 3. The second-order valence-electron chi connectivity index (χ2n) is 5.04. The van der Waals surface area contributed by atoms with Crippen molar-refractivity contribution in [3.05, 3.63) is 47.0 Å². The van der Waals surface area contributed by atoms with Crippen molar-refractivity contribution in [1.29, 1.82) is 0 Å². The number of nitrogens with zero attached hydrogens (tertiary/aromatic N) is 1. The molecule has 3 heteroatoms. The molecule has 3 rings (SSSR count). The van der Waals surface area contributed by atoms with Gasteiger partial charge in [-0.3, -0.25) is 0 Å². The first-order valence-corrected chi connectivity index (χ1v) is 6.29. The van der Waals surface area contributed by atoms with Gasteiger partial charge in [0.25, 0.3) is 0 Å². The first-order valence-electron chi connectivity index (χ1n) is 6.29. The summed E-state index contributed by atoms with van der Waals surface area (Å²) in [5.41, 5.74) is 12.9. The molecule has 2 aromatic carbocycles. The van der Waals surface area contributed by atoms with Gasteiger partial charge in [-0.2, -0.15) is 0 Å². The number of anilines is 1. The van der Waals surface area contributed by atoms with Gasteiger partial charge in [-0.15, -0.1) is 0 Å². The molecular weight excluding hydrogens is 236 g/mol. The maximum atomic E-state index is 5.89. The topological polar surface area (TPSA) is 52.0 Å². The lowest BCUT2D eigenvalue weighted by molar-refractivity contribution is 0.459. The van der Waals surface area contributed by atoms with Crippen molar-refractivity contribution in [2.75, 3.05) is 5.73 Å². The molecule has 3 nitrogen and oxygen atoms in total. The van der Waals surface area contributed by atoms with E-state index >= 15 is 0 Å². The van der Waals surface area contributed by atoms with Crippen LogP contribution in [0.15, 0.2) is 34.9 Å². The lowest BCUT2D eigenvalue weighted by atomic mass is 10.0. The fourth-order valence-corrected chi connectivity index (χ4v) is 2.21. The van der Waals surface area contributed by atoms with E-state index in [-0.39, 0.29) is 0 Å². The smallest absolute Gasteiger partial charge is 0.169 e. The van der Waals surface area contributed by atoms with E-state index in [9.17, 15) is 0 Å². The maximum absolute atomic E-state index is 5.89. The molecule has 3 aromatic rings. The molecule has 1 aromatic heterocycles. The second-order valence-corrected chi connectivity index (χ2v) is 5.04. The summed E-state index contributed by atoms with van der Waals surface area (Å²) in [5.74, 6) is 0. The van der Waals surface area contributed by atoms with Gasteiger partial charge in [0.05, 0.1) is 5.39 Å². The molecule has 0 saturated heterocycles. The zero-order chi connectivity index (χ0) is 13.6. The minimum atomic E-state index is 0.732. The van der Waals surface area contributed by atoms with Gasteiger partial charge < -0.3 is 10.3 Å². The third kappa shape index (κ3) is 1.87. The molecule has 19 heavy (non-hydrogen) atoms. The Morgan fingerprint density at radius 2 is 1.74 bits per heavy atom. The molecule has 0 aliphatic carbocycles. The minimum absolute atomic E-state index is 0.732. The summed E-state index contributed by atoms with van der Waals surface area (Å²) in [7, 11) is 0. The van der Waals surface area contributed by atoms with Gasteiger partial charge in [0.15, 0.2) is 5.58 Å². The van der Waals surface area contributed by atoms with Gasteiger partial charge in [-0.05, 0) is 49.6 Å². The molecule has 0 amide bonds. The summed E-state index contributed by atoms with van der Waals surface area (Å²) in [6.07, 6.45) is 0.